The number of hydrogen-bond acceptors (Lipinski definition) is 7. The van der Waals surface area contributed by atoms with Crippen molar-refractivity contribution in [2.24, 2.45) is 0 Å². The van der Waals surface area contributed by atoms with E-state index in [2.05, 4.69) is 55.2 Å². The molecular formula is C21H28N4O2S. The molecule has 0 bridgehead atoms. The van der Waals surface area contributed by atoms with Gasteiger partial charge in [-0.25, -0.2) is 0 Å². The van der Waals surface area contributed by atoms with E-state index in [0.717, 1.165) is 30.0 Å². The maximum atomic E-state index is 11.9. The molecule has 0 amide bonds. The van der Waals surface area contributed by atoms with Gasteiger partial charge in [0.15, 0.2) is 10.8 Å². The van der Waals surface area contributed by atoms with Gasteiger partial charge in [-0.3, -0.25) is 4.79 Å². The number of nitrogens with one attached hydrogen (secondary N) is 1. The number of aryl methyl sites for hydroxylation is 1. The number of Topliss-reactive ketones (excluding diaryl/α,β-unsaturated/α-hetero) is 1. The van der Waals surface area contributed by atoms with Crippen LogP contribution in [0.15, 0.2) is 12.1 Å². The lowest BCUT2D eigenvalue weighted by Gasteiger charge is -2.48. The summed E-state index contributed by atoms with van der Waals surface area (Å²) in [6.45, 7) is 8.96. The number of aromatic hydroxyl groups is 1. The molecule has 2 heterocycles. The number of carbonyl (C=O) groups excluding carboxylic acids is 1. The highest BCUT2D eigenvalue weighted by atomic mass is 32.1. The topological polar surface area (TPSA) is 78.3 Å². The number of anilines is 1. The molecule has 2 aromatic rings. The molecule has 4 rings (SSSR count). The van der Waals surface area contributed by atoms with Crippen LogP contribution in [0, 0.1) is 0 Å². The third-order valence-electron chi connectivity index (χ3n) is 5.81. The van der Waals surface area contributed by atoms with E-state index in [1.54, 1.807) is 6.07 Å². The number of rotatable bonds is 3. The van der Waals surface area contributed by atoms with Gasteiger partial charge in [-0.15, -0.1) is 10.2 Å². The first-order chi connectivity index (χ1) is 13.0. The largest absolute Gasteiger partial charge is 0.507 e. The number of phenols is 1. The summed E-state index contributed by atoms with van der Waals surface area (Å²) in [6.07, 6.45) is 3.29. The molecular weight excluding hydrogens is 372 g/mol. The van der Waals surface area contributed by atoms with Gasteiger partial charge in [0.2, 0.25) is 5.13 Å². The predicted molar refractivity (Wildman–Crippen MR) is 112 cm³/mol. The van der Waals surface area contributed by atoms with Gasteiger partial charge in [-0.1, -0.05) is 11.3 Å². The van der Waals surface area contributed by atoms with Gasteiger partial charge in [0, 0.05) is 36.2 Å². The first kappa shape index (κ1) is 19.3. The highest BCUT2D eigenvalue weighted by molar-refractivity contribution is 7.18. The van der Waals surface area contributed by atoms with Crippen LogP contribution in [-0.4, -0.2) is 45.3 Å². The van der Waals surface area contributed by atoms with Crippen LogP contribution < -0.4 is 10.2 Å². The van der Waals surface area contributed by atoms with Gasteiger partial charge in [0.25, 0.3) is 0 Å². The minimum Gasteiger partial charge on any atom is -0.507 e. The van der Waals surface area contributed by atoms with E-state index in [0.29, 0.717) is 28.6 Å². The Bertz CT molecular complexity index is 918. The average Bonchev–Trinajstić information content (AvgIpc) is 3.18. The Kier molecular flexibility index (Phi) is 4.50. The maximum absolute atomic E-state index is 11.9. The van der Waals surface area contributed by atoms with Crippen LogP contribution in [0.1, 0.15) is 62.9 Å². The minimum absolute atomic E-state index is 0.0545. The summed E-state index contributed by atoms with van der Waals surface area (Å²) in [4.78, 5) is 14.1. The summed E-state index contributed by atoms with van der Waals surface area (Å²) in [5.41, 5.74) is 2.40. The molecule has 150 valence electrons. The van der Waals surface area contributed by atoms with E-state index in [-0.39, 0.29) is 22.6 Å². The number of carbonyl (C=O) groups is 1. The molecule has 1 aromatic heterocycles. The SMILES string of the molecule is CN(c1nnc(-c2cc3c(cc2O)C(=O)CC3)s1)C1CC(C)(C)NC(C)(C)C1. The number of phenolic OH excluding ortho intramolecular Hbond substituents is 1. The molecule has 6 nitrogen and oxygen atoms in total. The fourth-order valence-electron chi connectivity index (χ4n) is 4.82. The third kappa shape index (κ3) is 3.53. The van der Waals surface area contributed by atoms with Crippen LogP contribution >= 0.6 is 11.3 Å². The first-order valence-corrected chi connectivity index (χ1v) is 10.6. The summed E-state index contributed by atoms with van der Waals surface area (Å²) in [5, 5.41) is 24.5. The molecule has 2 aliphatic rings. The summed E-state index contributed by atoms with van der Waals surface area (Å²) < 4.78 is 0. The quantitative estimate of drug-likeness (QED) is 0.816. The number of aromatic nitrogens is 2. The molecule has 1 aliphatic carbocycles. The van der Waals surface area contributed by atoms with Crippen molar-refractivity contribution in [1.82, 2.24) is 15.5 Å². The highest BCUT2D eigenvalue weighted by Gasteiger charge is 2.39. The molecule has 0 saturated carbocycles. The molecule has 0 spiro atoms. The van der Waals surface area contributed by atoms with E-state index in [1.807, 2.05) is 6.07 Å². The van der Waals surface area contributed by atoms with Crippen molar-refractivity contribution in [2.45, 2.75) is 70.5 Å². The second-order valence-corrected chi connectivity index (χ2v) is 10.4. The maximum Gasteiger partial charge on any atom is 0.208 e. The van der Waals surface area contributed by atoms with Crippen molar-refractivity contribution in [3.63, 3.8) is 0 Å². The molecule has 28 heavy (non-hydrogen) atoms. The molecule has 2 N–H and O–H groups in total. The average molecular weight is 401 g/mol. The second kappa shape index (κ2) is 6.52. The molecule has 0 atom stereocenters. The molecule has 7 heteroatoms. The molecule has 1 saturated heterocycles. The molecule has 0 unspecified atom stereocenters. The van der Waals surface area contributed by atoms with Crippen LogP contribution in [0.2, 0.25) is 0 Å². The lowest BCUT2D eigenvalue weighted by atomic mass is 9.79. The van der Waals surface area contributed by atoms with Crippen LogP contribution in [0.5, 0.6) is 5.75 Å². The van der Waals surface area contributed by atoms with Crippen molar-refractivity contribution in [1.29, 1.82) is 0 Å². The summed E-state index contributed by atoms with van der Waals surface area (Å²) in [7, 11) is 2.08. The number of benzene rings is 1. The Morgan fingerprint density at radius 1 is 1.11 bits per heavy atom. The smallest absolute Gasteiger partial charge is 0.208 e. The van der Waals surface area contributed by atoms with Gasteiger partial charge in [-0.2, -0.15) is 0 Å². The Hall–Kier alpha value is -1.99. The standard InChI is InChI=1S/C21H28N4O2S/c1-20(2)10-13(11-21(3,4)24-20)25(5)19-23-22-18(28-19)15-8-12-6-7-16(26)14(12)9-17(15)27/h8-9,13,24,27H,6-7,10-11H2,1-5H3. The highest BCUT2D eigenvalue weighted by Crippen LogP contribution is 2.40. The Morgan fingerprint density at radius 3 is 2.46 bits per heavy atom. The normalized spacial score (nSPS) is 21.0. The fraction of sp³-hybridized carbons (Fsp3) is 0.571. The number of nitrogens with zero attached hydrogens (tertiary/aromatic N) is 3. The molecule has 1 aromatic carbocycles. The van der Waals surface area contributed by atoms with Gasteiger partial charge < -0.3 is 15.3 Å². The van der Waals surface area contributed by atoms with Crippen molar-refractivity contribution in [3.8, 4) is 16.3 Å². The van der Waals surface area contributed by atoms with E-state index in [4.69, 9.17) is 0 Å². The van der Waals surface area contributed by atoms with E-state index in [9.17, 15) is 9.90 Å². The van der Waals surface area contributed by atoms with Gasteiger partial charge >= 0.3 is 0 Å². The van der Waals surface area contributed by atoms with Gasteiger partial charge in [0.05, 0.1) is 5.56 Å². The number of hydrogen-bond donors (Lipinski definition) is 2. The van der Waals surface area contributed by atoms with Crippen LogP contribution in [-0.2, 0) is 6.42 Å². The summed E-state index contributed by atoms with van der Waals surface area (Å²) >= 11 is 1.49. The summed E-state index contributed by atoms with van der Waals surface area (Å²) in [5.74, 6) is 0.203. The Labute approximate surface area is 170 Å². The zero-order chi connectivity index (χ0) is 20.3. The van der Waals surface area contributed by atoms with Crippen molar-refractivity contribution < 1.29 is 9.90 Å². The number of ketones is 1. The third-order valence-corrected chi connectivity index (χ3v) is 6.85. The van der Waals surface area contributed by atoms with Crippen LogP contribution in [0.25, 0.3) is 10.6 Å². The second-order valence-electron chi connectivity index (χ2n) is 9.41. The van der Waals surface area contributed by atoms with E-state index in [1.165, 1.54) is 11.3 Å². The van der Waals surface area contributed by atoms with Crippen molar-refractivity contribution in [2.75, 3.05) is 11.9 Å². The molecule has 1 aliphatic heterocycles. The lowest BCUT2D eigenvalue weighted by Crippen LogP contribution is -2.61. The van der Waals surface area contributed by atoms with Gasteiger partial charge in [-0.05, 0) is 64.7 Å². The van der Waals surface area contributed by atoms with Crippen LogP contribution in [0.4, 0.5) is 5.13 Å². The number of fused-ring (bicyclic) bond motifs is 1. The zero-order valence-electron chi connectivity index (χ0n) is 17.2. The van der Waals surface area contributed by atoms with Crippen molar-refractivity contribution >= 4 is 22.3 Å². The Morgan fingerprint density at radius 2 is 1.79 bits per heavy atom. The first-order valence-electron chi connectivity index (χ1n) is 9.80. The monoisotopic (exact) mass is 400 g/mol. The number of piperidine rings is 1. The van der Waals surface area contributed by atoms with Crippen molar-refractivity contribution in [3.05, 3.63) is 23.3 Å². The Balaban J connectivity index is 1.61. The lowest BCUT2D eigenvalue weighted by molar-refractivity contribution is 0.0994. The minimum atomic E-state index is 0.0545. The van der Waals surface area contributed by atoms with Gasteiger partial charge in [0.1, 0.15) is 5.75 Å². The van der Waals surface area contributed by atoms with Crippen LogP contribution in [0.3, 0.4) is 0 Å². The predicted octanol–water partition coefficient (Wildman–Crippen LogP) is 3.79. The molecule has 1 fully saturated rings. The van der Waals surface area contributed by atoms with E-state index < -0.39 is 0 Å². The fourth-order valence-corrected chi connectivity index (χ4v) is 5.72. The zero-order valence-corrected chi connectivity index (χ0v) is 18.0. The van der Waals surface area contributed by atoms with E-state index >= 15 is 0 Å². The molecule has 0 radical (unpaired) electrons. The summed E-state index contributed by atoms with van der Waals surface area (Å²) in [6, 6.07) is 3.84.